The van der Waals surface area contributed by atoms with Gasteiger partial charge in [0.05, 0.1) is 23.9 Å². The number of hydrogen-bond acceptors (Lipinski definition) is 3. The molecule has 2 unspecified atom stereocenters. The van der Waals surface area contributed by atoms with Gasteiger partial charge in [-0.3, -0.25) is 14.5 Å². The minimum Gasteiger partial charge on any atom is -0.277 e. The lowest BCUT2D eigenvalue weighted by molar-refractivity contribution is -0.142. The van der Waals surface area contributed by atoms with Crippen molar-refractivity contribution in [3.8, 4) is 0 Å². The number of likely N-dealkylation sites (tertiary alicyclic amines) is 1. The van der Waals surface area contributed by atoms with Crippen LogP contribution in [0.25, 0.3) is 10.9 Å². The fraction of sp³-hybridized carbons (Fsp3) is 0.267. The first-order valence-corrected chi connectivity index (χ1v) is 6.92. The number of rotatable bonds is 2. The molecule has 1 aliphatic carbocycles. The van der Waals surface area contributed by atoms with E-state index in [4.69, 9.17) is 11.6 Å². The van der Waals surface area contributed by atoms with Gasteiger partial charge in [0.25, 0.3) is 0 Å². The number of nitrogens with zero attached hydrogens (tertiary/aromatic N) is 2. The van der Waals surface area contributed by atoms with Crippen molar-refractivity contribution in [1.82, 2.24) is 9.88 Å². The zero-order valence-corrected chi connectivity index (χ0v) is 11.3. The Morgan fingerprint density at radius 3 is 2.65 bits per heavy atom. The lowest BCUT2D eigenvalue weighted by Gasteiger charge is -2.17. The third-order valence-electron chi connectivity index (χ3n) is 4.04. The lowest BCUT2D eigenvalue weighted by Crippen LogP contribution is -2.32. The van der Waals surface area contributed by atoms with Gasteiger partial charge in [-0.05, 0) is 18.6 Å². The van der Waals surface area contributed by atoms with Gasteiger partial charge in [-0.2, -0.15) is 0 Å². The SMILES string of the molecule is O=C1C2CC2C(=O)N1Cc1cc2ccccc2nc1Cl. The van der Waals surface area contributed by atoms with E-state index >= 15 is 0 Å². The van der Waals surface area contributed by atoms with E-state index in [1.54, 1.807) is 0 Å². The number of pyridine rings is 1. The van der Waals surface area contributed by atoms with Gasteiger partial charge < -0.3 is 0 Å². The first kappa shape index (κ1) is 11.9. The van der Waals surface area contributed by atoms with Gasteiger partial charge in [0.2, 0.25) is 11.8 Å². The largest absolute Gasteiger partial charge is 0.277 e. The highest BCUT2D eigenvalue weighted by Gasteiger charge is 2.58. The summed E-state index contributed by atoms with van der Waals surface area (Å²) in [4.78, 5) is 29.6. The molecule has 2 atom stereocenters. The Kier molecular flexibility index (Phi) is 2.39. The van der Waals surface area contributed by atoms with Crippen molar-refractivity contribution in [2.75, 3.05) is 0 Å². The Labute approximate surface area is 120 Å². The number of hydrogen-bond donors (Lipinski definition) is 0. The molecule has 20 heavy (non-hydrogen) atoms. The summed E-state index contributed by atoms with van der Waals surface area (Å²) in [7, 11) is 0. The second kappa shape index (κ2) is 4.03. The van der Waals surface area contributed by atoms with Crippen LogP contribution in [0.3, 0.4) is 0 Å². The predicted octanol–water partition coefficient (Wildman–Crippen LogP) is 2.39. The minimum absolute atomic E-state index is 0.0655. The van der Waals surface area contributed by atoms with Crippen molar-refractivity contribution >= 4 is 34.3 Å². The van der Waals surface area contributed by atoms with Crippen LogP contribution in [0.1, 0.15) is 12.0 Å². The van der Waals surface area contributed by atoms with E-state index in [0.717, 1.165) is 17.3 Å². The predicted molar refractivity (Wildman–Crippen MR) is 73.9 cm³/mol. The molecule has 100 valence electrons. The number of halogens is 1. The zero-order chi connectivity index (χ0) is 13.9. The first-order valence-electron chi connectivity index (χ1n) is 6.54. The number of aromatic nitrogens is 1. The molecule has 1 saturated carbocycles. The highest BCUT2D eigenvalue weighted by atomic mass is 35.5. The van der Waals surface area contributed by atoms with Crippen LogP contribution >= 0.6 is 11.6 Å². The first-order chi connectivity index (χ1) is 9.65. The molecule has 0 spiro atoms. The van der Waals surface area contributed by atoms with Crippen molar-refractivity contribution in [1.29, 1.82) is 0 Å². The zero-order valence-electron chi connectivity index (χ0n) is 10.5. The minimum atomic E-state index is -0.0744. The normalized spacial score (nSPS) is 24.4. The number of piperidine rings is 1. The Morgan fingerprint density at radius 1 is 1.20 bits per heavy atom. The van der Waals surface area contributed by atoms with Crippen molar-refractivity contribution in [2.24, 2.45) is 11.8 Å². The maximum absolute atomic E-state index is 12.0. The summed E-state index contributed by atoms with van der Waals surface area (Å²) in [5.74, 6) is -0.280. The molecular weight excluding hydrogens is 276 g/mol. The van der Waals surface area contributed by atoms with Gasteiger partial charge in [0.15, 0.2) is 0 Å². The molecule has 5 heteroatoms. The van der Waals surface area contributed by atoms with Crippen molar-refractivity contribution < 1.29 is 9.59 Å². The molecule has 2 aromatic rings. The number of benzene rings is 1. The van der Waals surface area contributed by atoms with E-state index in [0.29, 0.717) is 10.7 Å². The van der Waals surface area contributed by atoms with E-state index in [9.17, 15) is 9.59 Å². The van der Waals surface area contributed by atoms with E-state index in [1.165, 1.54) is 4.90 Å². The highest BCUT2D eigenvalue weighted by Crippen LogP contribution is 2.47. The fourth-order valence-electron chi connectivity index (χ4n) is 2.82. The summed E-state index contributed by atoms with van der Waals surface area (Å²) < 4.78 is 0. The number of fused-ring (bicyclic) bond motifs is 2. The van der Waals surface area contributed by atoms with Gasteiger partial charge in [-0.15, -0.1) is 0 Å². The summed E-state index contributed by atoms with van der Waals surface area (Å²) in [6.45, 7) is 0.224. The molecule has 2 heterocycles. The Morgan fingerprint density at radius 2 is 1.90 bits per heavy atom. The number of carbonyl (C=O) groups excluding carboxylic acids is 2. The molecule has 1 aromatic heterocycles. The monoisotopic (exact) mass is 286 g/mol. The molecule has 2 amide bonds. The van der Waals surface area contributed by atoms with Crippen molar-refractivity contribution in [3.05, 3.63) is 41.0 Å². The number of imide groups is 1. The van der Waals surface area contributed by atoms with Crippen molar-refractivity contribution in [2.45, 2.75) is 13.0 Å². The van der Waals surface area contributed by atoms with Crippen LogP contribution in [0.15, 0.2) is 30.3 Å². The number of amides is 2. The van der Waals surface area contributed by atoms with E-state index in [-0.39, 0.29) is 30.2 Å². The average molecular weight is 287 g/mol. The molecule has 0 radical (unpaired) electrons. The van der Waals surface area contributed by atoms with E-state index in [1.807, 2.05) is 30.3 Å². The molecule has 1 saturated heterocycles. The molecule has 1 aromatic carbocycles. The van der Waals surface area contributed by atoms with Gasteiger partial charge in [0.1, 0.15) is 5.15 Å². The molecule has 1 aliphatic heterocycles. The van der Waals surface area contributed by atoms with Gasteiger partial charge in [-0.1, -0.05) is 29.8 Å². The van der Waals surface area contributed by atoms with Crippen LogP contribution < -0.4 is 0 Å². The van der Waals surface area contributed by atoms with Crippen LogP contribution in [0.4, 0.5) is 0 Å². The summed E-state index contributed by atoms with van der Waals surface area (Å²) in [6, 6.07) is 9.53. The van der Waals surface area contributed by atoms with E-state index < -0.39 is 0 Å². The third kappa shape index (κ3) is 1.64. The summed E-state index contributed by atoms with van der Waals surface area (Å²) in [5.41, 5.74) is 1.52. The van der Waals surface area contributed by atoms with E-state index in [2.05, 4.69) is 4.98 Å². The quantitative estimate of drug-likeness (QED) is 0.629. The lowest BCUT2D eigenvalue weighted by atomic mass is 10.1. The molecule has 2 aliphatic rings. The van der Waals surface area contributed by atoms with Crippen LogP contribution in [-0.2, 0) is 16.1 Å². The highest BCUT2D eigenvalue weighted by molar-refractivity contribution is 6.30. The Balaban J connectivity index is 1.70. The number of para-hydroxylation sites is 1. The molecular formula is C15H11ClN2O2. The number of carbonyl (C=O) groups is 2. The second-order valence-electron chi connectivity index (χ2n) is 5.34. The molecule has 4 nitrogen and oxygen atoms in total. The topological polar surface area (TPSA) is 50.3 Å². The summed E-state index contributed by atoms with van der Waals surface area (Å²) in [5, 5.41) is 1.31. The van der Waals surface area contributed by atoms with Crippen LogP contribution in [0.2, 0.25) is 5.15 Å². The third-order valence-corrected chi connectivity index (χ3v) is 4.36. The molecule has 0 N–H and O–H groups in total. The van der Waals surface area contributed by atoms with Gasteiger partial charge in [0, 0.05) is 10.9 Å². The van der Waals surface area contributed by atoms with Crippen LogP contribution in [-0.4, -0.2) is 21.7 Å². The standard InChI is InChI=1S/C15H11ClN2O2/c16-13-9(5-8-3-1-2-4-12(8)17-13)7-18-14(19)10-6-11(10)15(18)20/h1-5,10-11H,6-7H2. The summed E-state index contributed by atoms with van der Waals surface area (Å²) in [6.07, 6.45) is 0.720. The Hall–Kier alpha value is -1.94. The average Bonchev–Trinajstić information content (AvgIpc) is 3.19. The summed E-state index contributed by atoms with van der Waals surface area (Å²) >= 11 is 6.16. The van der Waals surface area contributed by atoms with Gasteiger partial charge >= 0.3 is 0 Å². The smallest absolute Gasteiger partial charge is 0.233 e. The second-order valence-corrected chi connectivity index (χ2v) is 5.70. The Bertz CT molecular complexity index is 739. The van der Waals surface area contributed by atoms with Crippen LogP contribution in [0.5, 0.6) is 0 Å². The molecule has 4 rings (SSSR count). The maximum atomic E-state index is 12.0. The molecule has 0 bridgehead atoms. The maximum Gasteiger partial charge on any atom is 0.233 e. The molecule has 2 fully saturated rings. The van der Waals surface area contributed by atoms with Gasteiger partial charge in [-0.25, -0.2) is 4.98 Å². The van der Waals surface area contributed by atoms with Crippen LogP contribution in [0, 0.1) is 11.8 Å². The fourth-order valence-corrected chi connectivity index (χ4v) is 3.03. The van der Waals surface area contributed by atoms with Crippen molar-refractivity contribution in [3.63, 3.8) is 0 Å².